The topological polar surface area (TPSA) is 160 Å². The van der Waals surface area contributed by atoms with Crippen LogP contribution in [0, 0.1) is 0 Å². The minimum atomic E-state index is -1.81. The molecule has 0 radical (unpaired) electrons. The average Bonchev–Trinajstić information content (AvgIpc) is 3.16. The van der Waals surface area contributed by atoms with Gasteiger partial charge in [0, 0.05) is 12.3 Å². The van der Waals surface area contributed by atoms with Crippen molar-refractivity contribution in [2.45, 2.75) is 24.8 Å². The third-order valence-corrected chi connectivity index (χ3v) is 5.31. The van der Waals surface area contributed by atoms with E-state index in [1.807, 2.05) is 53.8 Å². The zero-order chi connectivity index (χ0) is 24.7. The molecular formula is C23H23N3O8. The van der Waals surface area contributed by atoms with Crippen LogP contribution in [0.2, 0.25) is 0 Å². The van der Waals surface area contributed by atoms with Crippen LogP contribution in [0.15, 0.2) is 48.5 Å². The number of aliphatic carboxylic acids is 1. The molecule has 1 unspecified atom stereocenters. The summed E-state index contributed by atoms with van der Waals surface area (Å²) in [4.78, 5) is 58.1. The van der Waals surface area contributed by atoms with E-state index >= 15 is 0 Å². The van der Waals surface area contributed by atoms with E-state index in [9.17, 15) is 24.0 Å². The Kier molecular flexibility index (Phi) is 7.80. The van der Waals surface area contributed by atoms with E-state index in [1.54, 1.807) is 0 Å². The maximum atomic E-state index is 12.4. The number of carbonyl (C=O) groups excluding carboxylic acids is 4. The summed E-state index contributed by atoms with van der Waals surface area (Å²) in [5.74, 6) is -5.03. The van der Waals surface area contributed by atoms with Crippen LogP contribution in [0.5, 0.6) is 0 Å². The lowest BCUT2D eigenvalue weighted by Gasteiger charge is -2.18. The third kappa shape index (κ3) is 5.68. The summed E-state index contributed by atoms with van der Waals surface area (Å²) in [7, 11) is 1.14. The highest BCUT2D eigenvalue weighted by Crippen LogP contribution is 2.44. The minimum Gasteiger partial charge on any atom is -0.474 e. The van der Waals surface area contributed by atoms with Crippen LogP contribution < -0.4 is 16.2 Å². The van der Waals surface area contributed by atoms with Crippen LogP contribution in [0.1, 0.15) is 29.9 Å². The fraction of sp³-hybridized carbons (Fsp3) is 0.261. The number of ether oxygens (including phenoxy) is 2. The van der Waals surface area contributed by atoms with Crippen LogP contribution in [-0.2, 0) is 28.7 Å². The Morgan fingerprint density at radius 1 is 0.941 bits per heavy atom. The molecule has 3 rings (SSSR count). The molecular weight excluding hydrogens is 446 g/mol. The molecule has 2 aromatic carbocycles. The maximum absolute atomic E-state index is 12.4. The van der Waals surface area contributed by atoms with E-state index in [0.717, 1.165) is 29.4 Å². The number of amides is 3. The van der Waals surface area contributed by atoms with E-state index in [2.05, 4.69) is 15.6 Å². The highest BCUT2D eigenvalue weighted by Gasteiger charge is 2.29. The predicted molar refractivity (Wildman–Crippen MR) is 117 cm³/mol. The summed E-state index contributed by atoms with van der Waals surface area (Å²) < 4.78 is 9.76. The zero-order valence-electron chi connectivity index (χ0n) is 18.2. The minimum absolute atomic E-state index is 0.0112. The molecule has 4 N–H and O–H groups in total. The molecule has 3 amide bonds. The molecule has 0 aliphatic heterocycles. The Bertz CT molecular complexity index is 1070. The van der Waals surface area contributed by atoms with Crippen molar-refractivity contribution in [3.8, 4) is 11.1 Å². The van der Waals surface area contributed by atoms with Gasteiger partial charge in [-0.25, -0.2) is 15.0 Å². The molecule has 0 saturated carbocycles. The second kappa shape index (κ2) is 10.9. The first-order valence-corrected chi connectivity index (χ1v) is 10.3. The fourth-order valence-corrected chi connectivity index (χ4v) is 3.69. The summed E-state index contributed by atoms with van der Waals surface area (Å²) in [5.41, 5.74) is 8.27. The van der Waals surface area contributed by atoms with Gasteiger partial charge in [0.25, 0.3) is 5.91 Å². The highest BCUT2D eigenvalue weighted by molar-refractivity contribution is 6.32. The number of benzene rings is 2. The van der Waals surface area contributed by atoms with Crippen molar-refractivity contribution in [3.63, 3.8) is 0 Å². The van der Waals surface area contributed by atoms with Gasteiger partial charge >= 0.3 is 23.9 Å². The van der Waals surface area contributed by atoms with E-state index in [4.69, 9.17) is 9.84 Å². The van der Waals surface area contributed by atoms with Crippen molar-refractivity contribution in [2.24, 2.45) is 0 Å². The molecule has 0 fully saturated rings. The third-order valence-electron chi connectivity index (χ3n) is 5.31. The Morgan fingerprint density at radius 3 is 2.09 bits per heavy atom. The molecule has 0 spiro atoms. The van der Waals surface area contributed by atoms with Gasteiger partial charge in [0.05, 0.1) is 7.11 Å². The molecule has 1 aliphatic rings. The lowest BCUT2D eigenvalue weighted by Crippen LogP contribution is -2.53. The first kappa shape index (κ1) is 24.2. The fourth-order valence-electron chi connectivity index (χ4n) is 3.69. The molecule has 11 nitrogen and oxygen atoms in total. The number of nitrogens with one attached hydrogen (secondary N) is 3. The van der Waals surface area contributed by atoms with Gasteiger partial charge in [0.2, 0.25) is 0 Å². The van der Waals surface area contributed by atoms with E-state index < -0.39 is 35.9 Å². The molecule has 1 atom stereocenters. The second-order valence-corrected chi connectivity index (χ2v) is 7.39. The van der Waals surface area contributed by atoms with Crippen LogP contribution >= 0.6 is 0 Å². The Labute approximate surface area is 194 Å². The maximum Gasteiger partial charge on any atom is 0.426 e. The molecule has 178 valence electrons. The van der Waals surface area contributed by atoms with Gasteiger partial charge < -0.3 is 19.9 Å². The monoisotopic (exact) mass is 469 g/mol. The number of hydrazine groups is 1. The van der Waals surface area contributed by atoms with E-state index in [0.29, 0.717) is 0 Å². The van der Waals surface area contributed by atoms with Gasteiger partial charge in [-0.1, -0.05) is 48.5 Å². The van der Waals surface area contributed by atoms with Crippen molar-refractivity contribution in [3.05, 3.63) is 59.7 Å². The molecule has 11 heteroatoms. The smallest absolute Gasteiger partial charge is 0.426 e. The summed E-state index contributed by atoms with van der Waals surface area (Å²) in [5, 5.41) is 10.7. The van der Waals surface area contributed by atoms with E-state index in [1.165, 1.54) is 0 Å². The van der Waals surface area contributed by atoms with Gasteiger partial charge in [-0.05, 0) is 28.7 Å². The number of carbonyl (C=O) groups is 5. The predicted octanol–water partition coefficient (Wildman–Crippen LogP) is 1.08. The second-order valence-electron chi connectivity index (χ2n) is 7.39. The molecule has 0 heterocycles. The quantitative estimate of drug-likeness (QED) is 0.266. The summed E-state index contributed by atoms with van der Waals surface area (Å²) in [6, 6.07) is 14.2. The normalized spacial score (nSPS) is 12.5. The number of rotatable bonds is 7. The van der Waals surface area contributed by atoms with Gasteiger partial charge in [0.15, 0.2) is 0 Å². The SMILES string of the molecule is COC(=O)CCC(NC(=O)C(=O)O)C(=O)NNC(=O)OCC1c2ccccc2-c2ccccc21. The molecule has 0 saturated heterocycles. The van der Waals surface area contributed by atoms with Gasteiger partial charge in [-0.15, -0.1) is 0 Å². The van der Waals surface area contributed by atoms with Crippen LogP contribution in [0.3, 0.4) is 0 Å². The molecule has 2 aromatic rings. The van der Waals surface area contributed by atoms with Crippen molar-refractivity contribution >= 4 is 29.8 Å². The van der Waals surface area contributed by atoms with Crippen LogP contribution in [0.25, 0.3) is 11.1 Å². The molecule has 1 aliphatic carbocycles. The number of methoxy groups -OCH3 is 1. The van der Waals surface area contributed by atoms with Gasteiger partial charge in [0.1, 0.15) is 12.6 Å². The number of hydrogen-bond donors (Lipinski definition) is 4. The largest absolute Gasteiger partial charge is 0.474 e. The molecule has 34 heavy (non-hydrogen) atoms. The Balaban J connectivity index is 1.57. The van der Waals surface area contributed by atoms with Gasteiger partial charge in [-0.2, -0.15) is 0 Å². The summed E-state index contributed by atoms with van der Waals surface area (Å²) in [6.07, 6.45) is -1.46. The van der Waals surface area contributed by atoms with Crippen molar-refractivity contribution in [1.82, 2.24) is 16.2 Å². The lowest BCUT2D eigenvalue weighted by molar-refractivity contribution is -0.151. The Hall–Kier alpha value is -4.41. The standard InChI is InChI=1S/C23H23N3O8/c1-33-19(27)11-10-18(24-21(29)22(30)31)20(28)25-26-23(32)34-12-17-15-8-4-2-6-13(15)14-7-3-5-9-16(14)17/h2-9,17-18H,10-12H2,1H3,(H,24,29)(H,25,28)(H,26,32)(H,30,31). The van der Waals surface area contributed by atoms with Crippen molar-refractivity contribution in [2.75, 3.05) is 13.7 Å². The molecule has 0 aromatic heterocycles. The number of hydrogen-bond acceptors (Lipinski definition) is 7. The highest BCUT2D eigenvalue weighted by atomic mass is 16.6. The van der Waals surface area contributed by atoms with E-state index in [-0.39, 0.29) is 25.4 Å². The number of esters is 1. The molecule has 0 bridgehead atoms. The number of carboxylic acid groups (broad SMARTS) is 1. The van der Waals surface area contributed by atoms with Crippen LogP contribution in [-0.4, -0.2) is 54.7 Å². The number of carboxylic acids is 1. The first-order chi connectivity index (χ1) is 16.3. The Morgan fingerprint density at radius 2 is 1.53 bits per heavy atom. The zero-order valence-corrected chi connectivity index (χ0v) is 18.2. The number of fused-ring (bicyclic) bond motifs is 3. The first-order valence-electron chi connectivity index (χ1n) is 10.3. The summed E-state index contributed by atoms with van der Waals surface area (Å²) >= 11 is 0. The van der Waals surface area contributed by atoms with Crippen molar-refractivity contribution < 1.29 is 38.6 Å². The van der Waals surface area contributed by atoms with Gasteiger partial charge in [-0.3, -0.25) is 19.8 Å². The lowest BCUT2D eigenvalue weighted by atomic mass is 9.98. The van der Waals surface area contributed by atoms with Crippen molar-refractivity contribution in [1.29, 1.82) is 0 Å². The van der Waals surface area contributed by atoms with Crippen LogP contribution in [0.4, 0.5) is 4.79 Å². The average molecular weight is 469 g/mol. The summed E-state index contributed by atoms with van der Waals surface area (Å²) in [6.45, 7) is 0.0112.